The summed E-state index contributed by atoms with van der Waals surface area (Å²) in [6.07, 6.45) is -0.660. The smallest absolute Gasteiger partial charge is 0.326 e. The van der Waals surface area contributed by atoms with Crippen molar-refractivity contribution in [2.45, 2.75) is 12.5 Å². The molecule has 1 atom stereocenters. The van der Waals surface area contributed by atoms with Crippen LogP contribution in [-0.2, 0) is 9.59 Å². The molecular formula is C9H8BrNO5S. The molecule has 0 radical (unpaired) electrons. The SMILES string of the molecule is O=C(O)C[C@@H](NC(=O)c1csc(Br)c1)C(=O)O. The summed E-state index contributed by atoms with van der Waals surface area (Å²) in [5.41, 5.74) is 0.290. The molecule has 1 aromatic rings. The van der Waals surface area contributed by atoms with Crippen molar-refractivity contribution in [3.63, 3.8) is 0 Å². The predicted molar refractivity (Wildman–Crippen MR) is 63.2 cm³/mol. The van der Waals surface area contributed by atoms with Crippen LogP contribution in [0.3, 0.4) is 0 Å². The number of carbonyl (C=O) groups excluding carboxylic acids is 1. The number of halogens is 1. The van der Waals surface area contributed by atoms with Gasteiger partial charge >= 0.3 is 11.9 Å². The maximum absolute atomic E-state index is 11.6. The Morgan fingerprint density at radius 1 is 1.41 bits per heavy atom. The van der Waals surface area contributed by atoms with Gasteiger partial charge in [-0.05, 0) is 22.0 Å². The highest BCUT2D eigenvalue weighted by molar-refractivity contribution is 9.11. The monoisotopic (exact) mass is 321 g/mol. The number of hydrogen-bond donors (Lipinski definition) is 3. The Bertz CT molecular complexity index is 458. The van der Waals surface area contributed by atoms with Gasteiger partial charge in [0.1, 0.15) is 6.04 Å². The molecule has 17 heavy (non-hydrogen) atoms. The number of hydrogen-bond acceptors (Lipinski definition) is 4. The van der Waals surface area contributed by atoms with Crippen molar-refractivity contribution >= 4 is 45.1 Å². The lowest BCUT2D eigenvalue weighted by Gasteiger charge is -2.11. The normalized spacial score (nSPS) is 11.8. The lowest BCUT2D eigenvalue weighted by Crippen LogP contribution is -2.42. The van der Waals surface area contributed by atoms with E-state index in [4.69, 9.17) is 10.2 Å². The van der Waals surface area contributed by atoms with Crippen molar-refractivity contribution in [3.05, 3.63) is 20.8 Å². The highest BCUT2D eigenvalue weighted by Gasteiger charge is 2.23. The summed E-state index contributed by atoms with van der Waals surface area (Å²) in [6.45, 7) is 0. The molecule has 0 fully saturated rings. The van der Waals surface area contributed by atoms with Gasteiger partial charge in [0, 0.05) is 5.38 Å². The van der Waals surface area contributed by atoms with Crippen LogP contribution < -0.4 is 5.32 Å². The number of aliphatic carboxylic acids is 2. The summed E-state index contributed by atoms with van der Waals surface area (Å²) in [5.74, 6) is -3.28. The van der Waals surface area contributed by atoms with Crippen LogP contribution in [0.1, 0.15) is 16.8 Å². The van der Waals surface area contributed by atoms with Gasteiger partial charge in [0.25, 0.3) is 5.91 Å². The van der Waals surface area contributed by atoms with Crippen LogP contribution >= 0.6 is 27.3 Å². The molecule has 0 aliphatic rings. The molecule has 0 aromatic carbocycles. The second-order valence-corrected chi connectivity index (χ2v) is 5.39. The quantitative estimate of drug-likeness (QED) is 0.755. The highest BCUT2D eigenvalue weighted by Crippen LogP contribution is 2.20. The maximum atomic E-state index is 11.6. The zero-order valence-corrected chi connectivity index (χ0v) is 10.7. The summed E-state index contributed by atoms with van der Waals surface area (Å²) in [6, 6.07) is 0.0957. The van der Waals surface area contributed by atoms with Crippen LogP contribution in [0.2, 0.25) is 0 Å². The minimum atomic E-state index is -1.43. The average Bonchev–Trinajstić information content (AvgIpc) is 2.63. The Morgan fingerprint density at radius 2 is 2.06 bits per heavy atom. The lowest BCUT2D eigenvalue weighted by molar-refractivity contribution is -0.145. The van der Waals surface area contributed by atoms with E-state index in [1.165, 1.54) is 17.4 Å². The summed E-state index contributed by atoms with van der Waals surface area (Å²) < 4.78 is 0.729. The van der Waals surface area contributed by atoms with E-state index in [1.807, 2.05) is 0 Å². The van der Waals surface area contributed by atoms with Crippen LogP contribution in [0.5, 0.6) is 0 Å². The molecule has 92 valence electrons. The number of carboxylic acid groups (broad SMARTS) is 2. The number of carboxylic acids is 2. The van der Waals surface area contributed by atoms with E-state index in [0.29, 0.717) is 5.56 Å². The minimum absolute atomic E-state index is 0.290. The second-order valence-electron chi connectivity index (χ2n) is 3.10. The second kappa shape index (κ2) is 5.78. The fourth-order valence-corrected chi connectivity index (χ4v) is 2.18. The predicted octanol–water partition coefficient (Wildman–Crippen LogP) is 1.17. The Labute approximate surface area is 108 Å². The van der Waals surface area contributed by atoms with Gasteiger partial charge in [0.05, 0.1) is 15.8 Å². The fraction of sp³-hybridized carbons (Fsp3) is 0.222. The van der Waals surface area contributed by atoms with Crippen molar-refractivity contribution in [2.24, 2.45) is 0 Å². The zero-order valence-electron chi connectivity index (χ0n) is 8.34. The van der Waals surface area contributed by atoms with Gasteiger partial charge in [0.15, 0.2) is 0 Å². The van der Waals surface area contributed by atoms with Crippen LogP contribution in [0.25, 0.3) is 0 Å². The Morgan fingerprint density at radius 3 is 2.47 bits per heavy atom. The van der Waals surface area contributed by atoms with Gasteiger partial charge in [-0.1, -0.05) is 0 Å². The van der Waals surface area contributed by atoms with Crippen LogP contribution in [-0.4, -0.2) is 34.1 Å². The summed E-state index contributed by atoms with van der Waals surface area (Å²) in [7, 11) is 0. The van der Waals surface area contributed by atoms with E-state index < -0.39 is 30.3 Å². The largest absolute Gasteiger partial charge is 0.481 e. The van der Waals surface area contributed by atoms with E-state index in [1.54, 1.807) is 5.38 Å². The van der Waals surface area contributed by atoms with Crippen LogP contribution in [0, 0.1) is 0 Å². The minimum Gasteiger partial charge on any atom is -0.481 e. The van der Waals surface area contributed by atoms with Gasteiger partial charge < -0.3 is 15.5 Å². The third kappa shape index (κ3) is 4.16. The maximum Gasteiger partial charge on any atom is 0.326 e. The van der Waals surface area contributed by atoms with Gasteiger partial charge in [0.2, 0.25) is 0 Å². The highest BCUT2D eigenvalue weighted by atomic mass is 79.9. The summed E-state index contributed by atoms with van der Waals surface area (Å²) in [4.78, 5) is 32.7. The molecule has 3 N–H and O–H groups in total. The molecule has 0 spiro atoms. The third-order valence-corrected chi connectivity index (χ3v) is 3.32. The van der Waals surface area contributed by atoms with Crippen molar-refractivity contribution in [1.82, 2.24) is 5.32 Å². The molecule has 1 rings (SSSR count). The molecule has 0 saturated heterocycles. The number of carbonyl (C=O) groups is 3. The summed E-state index contributed by atoms with van der Waals surface area (Å²) in [5, 5.41) is 20.9. The van der Waals surface area contributed by atoms with E-state index >= 15 is 0 Å². The topological polar surface area (TPSA) is 104 Å². The standard InChI is InChI=1S/C9H8BrNO5S/c10-6-1-4(3-17-6)8(14)11-5(9(15)16)2-7(12)13/h1,3,5H,2H2,(H,11,14)(H,12,13)(H,15,16)/t5-/m1/s1. The average molecular weight is 322 g/mol. The van der Waals surface area contributed by atoms with E-state index in [2.05, 4.69) is 21.2 Å². The first-order chi connectivity index (χ1) is 7.90. The fourth-order valence-electron chi connectivity index (χ4n) is 1.05. The van der Waals surface area contributed by atoms with Crippen LogP contribution in [0.4, 0.5) is 0 Å². The molecule has 1 amide bonds. The van der Waals surface area contributed by atoms with Crippen molar-refractivity contribution in [2.75, 3.05) is 0 Å². The Balaban J connectivity index is 2.70. The van der Waals surface area contributed by atoms with Gasteiger partial charge in [-0.15, -0.1) is 11.3 Å². The molecule has 8 heteroatoms. The zero-order chi connectivity index (χ0) is 13.0. The van der Waals surface area contributed by atoms with Crippen LogP contribution in [0.15, 0.2) is 15.2 Å². The van der Waals surface area contributed by atoms with Gasteiger partial charge in [-0.2, -0.15) is 0 Å². The number of thiophene rings is 1. The molecule has 0 bridgehead atoms. The van der Waals surface area contributed by atoms with Crippen molar-refractivity contribution in [3.8, 4) is 0 Å². The van der Waals surface area contributed by atoms with E-state index in [0.717, 1.165) is 3.79 Å². The van der Waals surface area contributed by atoms with E-state index in [-0.39, 0.29) is 0 Å². The van der Waals surface area contributed by atoms with Gasteiger partial charge in [-0.25, -0.2) is 4.79 Å². The number of amides is 1. The Hall–Kier alpha value is -1.41. The first kappa shape index (κ1) is 13.7. The lowest BCUT2D eigenvalue weighted by atomic mass is 10.2. The molecule has 6 nitrogen and oxygen atoms in total. The first-order valence-corrected chi connectivity index (χ1v) is 6.07. The van der Waals surface area contributed by atoms with Crippen molar-refractivity contribution in [1.29, 1.82) is 0 Å². The molecule has 0 aliphatic carbocycles. The molecular weight excluding hydrogens is 314 g/mol. The molecule has 1 aromatic heterocycles. The number of nitrogens with one attached hydrogen (secondary N) is 1. The third-order valence-electron chi connectivity index (χ3n) is 1.81. The molecule has 0 unspecified atom stereocenters. The Kier molecular flexibility index (Phi) is 4.64. The summed E-state index contributed by atoms with van der Waals surface area (Å²) >= 11 is 4.44. The molecule has 1 heterocycles. The first-order valence-electron chi connectivity index (χ1n) is 4.39. The van der Waals surface area contributed by atoms with E-state index in [9.17, 15) is 14.4 Å². The molecule has 0 saturated carbocycles. The van der Waals surface area contributed by atoms with Crippen molar-refractivity contribution < 1.29 is 24.6 Å². The number of rotatable bonds is 5. The molecule has 0 aliphatic heterocycles. The van der Waals surface area contributed by atoms with Gasteiger partial charge in [-0.3, -0.25) is 9.59 Å².